The lowest BCUT2D eigenvalue weighted by atomic mass is 10.0. The summed E-state index contributed by atoms with van der Waals surface area (Å²) in [6.45, 7) is 7.19. The number of nitrogens with one attached hydrogen (secondary N) is 1. The molecule has 0 radical (unpaired) electrons. The number of halogens is 3. The van der Waals surface area contributed by atoms with Crippen LogP contribution in [0.25, 0.3) is 0 Å². The summed E-state index contributed by atoms with van der Waals surface area (Å²) in [4.78, 5) is 21.1. The maximum atomic E-state index is 11.8. The summed E-state index contributed by atoms with van der Waals surface area (Å²) in [6, 6.07) is 3.55. The first-order valence-corrected chi connectivity index (χ1v) is 8.50. The van der Waals surface area contributed by atoms with Gasteiger partial charge >= 0.3 is 11.9 Å². The van der Waals surface area contributed by atoms with Crippen LogP contribution in [-0.2, 0) is 14.3 Å². The van der Waals surface area contributed by atoms with Crippen LogP contribution < -0.4 is 11.1 Å². The van der Waals surface area contributed by atoms with Gasteiger partial charge in [0.2, 0.25) is 3.79 Å². The average molecular weight is 414 g/mol. The van der Waals surface area contributed by atoms with E-state index < -0.39 is 21.8 Å². The van der Waals surface area contributed by atoms with Gasteiger partial charge in [-0.1, -0.05) is 40.9 Å². The van der Waals surface area contributed by atoms with Gasteiger partial charge in [0.1, 0.15) is 12.6 Å². The number of carbonyl (C=O) groups is 2. The van der Waals surface area contributed by atoms with Gasteiger partial charge in [-0.25, -0.2) is 4.79 Å². The molecule has 0 aliphatic heterocycles. The Labute approximate surface area is 162 Å². The fourth-order valence-electron chi connectivity index (χ4n) is 1.76. The van der Waals surface area contributed by atoms with Crippen molar-refractivity contribution in [2.75, 3.05) is 18.5 Å². The molecule has 0 saturated heterocycles. The van der Waals surface area contributed by atoms with Crippen LogP contribution in [0.4, 0.5) is 5.69 Å². The second kappa shape index (κ2) is 10.7. The third kappa shape index (κ3) is 10.4. The quantitative estimate of drug-likeness (QED) is 0.505. The number of hydrogen-bond acceptors (Lipinski definition) is 5. The number of carbonyl (C=O) groups excluding carboxylic acids is 1. The van der Waals surface area contributed by atoms with Crippen molar-refractivity contribution in [1.29, 1.82) is 0 Å². The molecule has 0 fully saturated rings. The van der Waals surface area contributed by atoms with Crippen LogP contribution in [0.2, 0.25) is 0 Å². The number of aryl methyl sites for hydroxylation is 2. The topological polar surface area (TPSA) is 102 Å². The molecule has 25 heavy (non-hydrogen) atoms. The predicted molar refractivity (Wildman–Crippen MR) is 102 cm³/mol. The average Bonchev–Trinajstić information content (AvgIpc) is 2.49. The van der Waals surface area contributed by atoms with E-state index in [9.17, 15) is 9.59 Å². The summed E-state index contributed by atoms with van der Waals surface area (Å²) in [5.41, 5.74) is 8.85. The fourth-order valence-corrected chi connectivity index (χ4v) is 1.92. The summed E-state index contributed by atoms with van der Waals surface area (Å²) < 4.78 is 3.35. The van der Waals surface area contributed by atoms with Crippen molar-refractivity contribution in [2.45, 2.75) is 37.5 Å². The Kier molecular flexibility index (Phi) is 10.2. The van der Waals surface area contributed by atoms with Crippen molar-refractivity contribution in [3.05, 3.63) is 28.8 Å². The van der Waals surface area contributed by atoms with Gasteiger partial charge in [-0.15, -0.1) is 0 Å². The normalized spacial score (nSPS) is 11.8. The number of alkyl halides is 3. The van der Waals surface area contributed by atoms with E-state index in [1.165, 1.54) is 0 Å². The monoisotopic (exact) mass is 412 g/mol. The van der Waals surface area contributed by atoms with Gasteiger partial charge in [0.15, 0.2) is 0 Å². The summed E-state index contributed by atoms with van der Waals surface area (Å²) in [6.07, 6.45) is 0. The number of esters is 1. The fraction of sp³-hybridized carbons (Fsp3) is 0.500. The van der Waals surface area contributed by atoms with E-state index in [0.29, 0.717) is 0 Å². The zero-order valence-corrected chi connectivity index (χ0v) is 16.8. The van der Waals surface area contributed by atoms with E-state index in [1.54, 1.807) is 6.92 Å². The number of aliphatic carboxylic acids is 1. The smallest absolute Gasteiger partial charge is 0.328 e. The van der Waals surface area contributed by atoms with Crippen LogP contribution in [0.15, 0.2) is 12.1 Å². The van der Waals surface area contributed by atoms with Crippen LogP contribution >= 0.6 is 34.8 Å². The largest absolute Gasteiger partial charge is 0.480 e. The number of carboxylic acids is 1. The molecule has 4 N–H and O–H groups in total. The van der Waals surface area contributed by atoms with Crippen molar-refractivity contribution in [3.8, 4) is 0 Å². The van der Waals surface area contributed by atoms with E-state index in [-0.39, 0.29) is 13.2 Å². The van der Waals surface area contributed by atoms with E-state index in [0.717, 1.165) is 22.4 Å². The highest BCUT2D eigenvalue weighted by Crippen LogP contribution is 2.26. The van der Waals surface area contributed by atoms with Crippen molar-refractivity contribution >= 4 is 52.4 Å². The molecular weight excluding hydrogens is 391 g/mol. The van der Waals surface area contributed by atoms with Gasteiger partial charge < -0.3 is 20.9 Å². The molecule has 0 aliphatic carbocycles. The van der Waals surface area contributed by atoms with Crippen LogP contribution in [0.5, 0.6) is 0 Å². The van der Waals surface area contributed by atoms with Crippen molar-refractivity contribution in [3.63, 3.8) is 0 Å². The van der Waals surface area contributed by atoms with E-state index >= 15 is 0 Å². The molecule has 6 nitrogen and oxygen atoms in total. The molecule has 0 spiro atoms. The number of anilines is 1. The standard InChI is InChI=1S/C14H18Cl3NO2.C2H5NO2/c1-8-5-9(2)10(3)12(6-8)18-11(4)13(19)20-7-14(15,16)17;3-1-2(4)5/h5-6,11,18H,7H2,1-4H3;1,3H2,(H,4,5)/t11-;/m0./s1. The molecule has 1 atom stereocenters. The Balaban J connectivity index is 0.00000101. The molecule has 0 aromatic heterocycles. The molecule has 0 amide bonds. The van der Waals surface area contributed by atoms with E-state index in [4.69, 9.17) is 44.6 Å². The maximum absolute atomic E-state index is 11.8. The zero-order chi connectivity index (χ0) is 19.8. The highest BCUT2D eigenvalue weighted by molar-refractivity contribution is 6.67. The number of ether oxygens (including phenoxy) is 1. The Morgan fingerprint density at radius 1 is 1.28 bits per heavy atom. The lowest BCUT2D eigenvalue weighted by Gasteiger charge is -2.19. The number of rotatable bonds is 5. The van der Waals surface area contributed by atoms with E-state index in [2.05, 4.69) is 17.1 Å². The second-order valence-electron chi connectivity index (χ2n) is 5.44. The summed E-state index contributed by atoms with van der Waals surface area (Å²) in [7, 11) is 0. The van der Waals surface area contributed by atoms with Gasteiger partial charge in [0.05, 0.1) is 6.54 Å². The van der Waals surface area contributed by atoms with Crippen LogP contribution in [0.3, 0.4) is 0 Å². The van der Waals surface area contributed by atoms with Crippen molar-refractivity contribution < 1.29 is 19.4 Å². The molecular formula is C16H23Cl3N2O4. The Hall–Kier alpha value is -1.21. The summed E-state index contributed by atoms with van der Waals surface area (Å²) in [5, 5.41) is 10.7. The molecule has 1 aromatic rings. The first-order chi connectivity index (χ1) is 11.4. The van der Waals surface area contributed by atoms with Crippen molar-refractivity contribution in [1.82, 2.24) is 0 Å². The molecule has 0 aliphatic rings. The van der Waals surface area contributed by atoms with Crippen LogP contribution in [0, 0.1) is 20.8 Å². The molecule has 0 bridgehead atoms. The predicted octanol–water partition coefficient (Wildman–Crippen LogP) is 3.36. The number of hydrogen-bond donors (Lipinski definition) is 3. The van der Waals surface area contributed by atoms with Gasteiger partial charge in [-0.3, -0.25) is 4.79 Å². The number of carboxylic acid groups (broad SMARTS) is 1. The van der Waals surface area contributed by atoms with Gasteiger partial charge in [0.25, 0.3) is 0 Å². The molecule has 9 heteroatoms. The molecule has 142 valence electrons. The minimum absolute atomic E-state index is 0.269. The number of nitrogens with two attached hydrogens (primary N) is 1. The second-order valence-corrected chi connectivity index (χ2v) is 7.96. The Bertz CT molecular complexity index is 604. The molecule has 0 unspecified atom stereocenters. The SMILES string of the molecule is Cc1cc(C)c(C)c(N[C@@H](C)C(=O)OCC(Cl)(Cl)Cl)c1.NCC(=O)O. The maximum Gasteiger partial charge on any atom is 0.328 e. The number of benzene rings is 1. The third-order valence-corrected chi connectivity index (χ3v) is 3.42. The summed E-state index contributed by atoms with van der Waals surface area (Å²) in [5.74, 6) is -1.43. The Morgan fingerprint density at radius 3 is 2.24 bits per heavy atom. The van der Waals surface area contributed by atoms with Gasteiger partial charge in [0, 0.05) is 5.69 Å². The van der Waals surface area contributed by atoms with E-state index in [1.807, 2.05) is 26.8 Å². The van der Waals surface area contributed by atoms with Crippen LogP contribution in [-0.4, -0.2) is 40.0 Å². The molecule has 0 heterocycles. The summed E-state index contributed by atoms with van der Waals surface area (Å²) >= 11 is 16.6. The van der Waals surface area contributed by atoms with Crippen molar-refractivity contribution in [2.24, 2.45) is 5.73 Å². The molecule has 1 aromatic carbocycles. The highest BCUT2D eigenvalue weighted by Gasteiger charge is 2.24. The lowest BCUT2D eigenvalue weighted by Crippen LogP contribution is -2.31. The Morgan fingerprint density at radius 2 is 1.80 bits per heavy atom. The van der Waals surface area contributed by atoms with Crippen LogP contribution in [0.1, 0.15) is 23.6 Å². The minimum Gasteiger partial charge on any atom is -0.480 e. The molecule has 0 saturated carbocycles. The highest BCUT2D eigenvalue weighted by atomic mass is 35.6. The molecule has 1 rings (SSSR count). The zero-order valence-electron chi connectivity index (χ0n) is 14.5. The first kappa shape index (κ1) is 23.8. The van der Waals surface area contributed by atoms with Gasteiger partial charge in [-0.05, 0) is 50.5 Å². The first-order valence-electron chi connectivity index (χ1n) is 7.37. The third-order valence-electron chi connectivity index (χ3n) is 3.09. The minimum atomic E-state index is -1.59. The lowest BCUT2D eigenvalue weighted by molar-refractivity contribution is -0.144. The van der Waals surface area contributed by atoms with Gasteiger partial charge in [-0.2, -0.15) is 0 Å².